The molecule has 1 aliphatic heterocycles. The van der Waals surface area contributed by atoms with Gasteiger partial charge in [0.15, 0.2) is 5.17 Å². The summed E-state index contributed by atoms with van der Waals surface area (Å²) in [5.74, 6) is 1.73. The van der Waals surface area contributed by atoms with Crippen molar-refractivity contribution in [3.05, 3.63) is 29.8 Å². The number of amides is 1. The molecule has 20 heavy (non-hydrogen) atoms. The molecule has 1 aliphatic rings. The number of nitrogens with one attached hydrogen (secondary N) is 1. The molecule has 1 amide bonds. The van der Waals surface area contributed by atoms with Crippen molar-refractivity contribution in [1.29, 1.82) is 0 Å². The molecular formula is C14H17N3O2S. The second-order valence-electron chi connectivity index (χ2n) is 4.76. The van der Waals surface area contributed by atoms with E-state index >= 15 is 0 Å². The molecule has 106 valence electrons. The molecule has 1 aromatic carbocycles. The number of rotatable bonds is 5. The molecule has 1 fully saturated rings. The Kier molecular flexibility index (Phi) is 5.17. The van der Waals surface area contributed by atoms with Gasteiger partial charge in [-0.25, -0.2) is 0 Å². The second-order valence-corrected chi connectivity index (χ2v) is 5.72. The molecule has 6 heteroatoms. The van der Waals surface area contributed by atoms with Crippen molar-refractivity contribution in [3.8, 4) is 5.75 Å². The number of thioether (sulfide) groups is 1. The van der Waals surface area contributed by atoms with Crippen LogP contribution in [0.2, 0.25) is 0 Å². The van der Waals surface area contributed by atoms with Crippen molar-refractivity contribution in [2.75, 3.05) is 12.4 Å². The Morgan fingerprint density at radius 3 is 2.75 bits per heavy atom. The van der Waals surface area contributed by atoms with Gasteiger partial charge in [-0.2, -0.15) is 5.10 Å². The smallest absolute Gasteiger partial charge is 0.236 e. The van der Waals surface area contributed by atoms with Crippen LogP contribution < -0.4 is 10.1 Å². The van der Waals surface area contributed by atoms with Crippen LogP contribution in [0.3, 0.4) is 0 Å². The van der Waals surface area contributed by atoms with E-state index in [9.17, 15) is 4.79 Å². The minimum Gasteiger partial charge on any atom is -0.493 e. The van der Waals surface area contributed by atoms with E-state index in [2.05, 4.69) is 29.4 Å². The summed E-state index contributed by atoms with van der Waals surface area (Å²) < 4.78 is 5.60. The first-order chi connectivity index (χ1) is 9.63. The van der Waals surface area contributed by atoms with E-state index in [1.165, 1.54) is 11.8 Å². The zero-order valence-corrected chi connectivity index (χ0v) is 12.3. The lowest BCUT2D eigenvalue weighted by Gasteiger charge is -2.08. The second kappa shape index (κ2) is 7.09. The first kappa shape index (κ1) is 14.6. The third kappa shape index (κ3) is 4.70. The van der Waals surface area contributed by atoms with Crippen molar-refractivity contribution in [2.24, 2.45) is 16.1 Å². The summed E-state index contributed by atoms with van der Waals surface area (Å²) in [4.78, 5) is 11.0. The van der Waals surface area contributed by atoms with Gasteiger partial charge >= 0.3 is 0 Å². The number of amidine groups is 1. The third-order valence-corrected chi connectivity index (χ3v) is 3.27. The topological polar surface area (TPSA) is 63.1 Å². The summed E-state index contributed by atoms with van der Waals surface area (Å²) in [6.45, 7) is 4.93. The molecule has 1 saturated heterocycles. The van der Waals surface area contributed by atoms with Gasteiger partial charge in [-0.15, -0.1) is 5.10 Å². The van der Waals surface area contributed by atoms with Crippen LogP contribution in [0.4, 0.5) is 0 Å². The van der Waals surface area contributed by atoms with Crippen LogP contribution in [0.5, 0.6) is 5.75 Å². The van der Waals surface area contributed by atoms with E-state index < -0.39 is 0 Å². The highest BCUT2D eigenvalue weighted by Crippen LogP contribution is 2.12. The van der Waals surface area contributed by atoms with Crippen LogP contribution in [0, 0.1) is 5.92 Å². The summed E-state index contributed by atoms with van der Waals surface area (Å²) in [6.07, 6.45) is 1.64. The predicted molar refractivity (Wildman–Crippen MR) is 82.4 cm³/mol. The Labute approximate surface area is 122 Å². The molecule has 0 atom stereocenters. The van der Waals surface area contributed by atoms with E-state index in [0.29, 0.717) is 23.4 Å². The van der Waals surface area contributed by atoms with Gasteiger partial charge in [0.25, 0.3) is 0 Å². The number of ether oxygens (including phenoxy) is 1. The average Bonchev–Trinajstić information content (AvgIpc) is 2.83. The van der Waals surface area contributed by atoms with Crippen LogP contribution >= 0.6 is 11.8 Å². The van der Waals surface area contributed by atoms with Gasteiger partial charge in [0, 0.05) is 0 Å². The summed E-state index contributed by atoms with van der Waals surface area (Å²) in [6, 6.07) is 7.64. The first-order valence-corrected chi connectivity index (χ1v) is 7.38. The van der Waals surface area contributed by atoms with E-state index in [0.717, 1.165) is 11.3 Å². The summed E-state index contributed by atoms with van der Waals surface area (Å²) in [5.41, 5.74) is 0.931. The lowest BCUT2D eigenvalue weighted by Crippen LogP contribution is -2.19. The van der Waals surface area contributed by atoms with Gasteiger partial charge in [0.1, 0.15) is 5.75 Å². The Morgan fingerprint density at radius 2 is 2.15 bits per heavy atom. The van der Waals surface area contributed by atoms with Crippen LogP contribution in [0.15, 0.2) is 34.5 Å². The maximum Gasteiger partial charge on any atom is 0.236 e. The largest absolute Gasteiger partial charge is 0.493 e. The molecule has 0 unspecified atom stereocenters. The Balaban J connectivity index is 1.88. The van der Waals surface area contributed by atoms with Gasteiger partial charge in [-0.05, 0) is 35.7 Å². The van der Waals surface area contributed by atoms with Crippen LogP contribution in [0.1, 0.15) is 19.4 Å². The normalized spacial score (nSPS) is 17.1. The molecule has 0 aromatic heterocycles. The molecule has 0 spiro atoms. The van der Waals surface area contributed by atoms with Crippen molar-refractivity contribution >= 4 is 29.1 Å². The zero-order valence-electron chi connectivity index (χ0n) is 11.5. The number of hydrogen-bond donors (Lipinski definition) is 1. The van der Waals surface area contributed by atoms with Crippen molar-refractivity contribution in [1.82, 2.24) is 5.32 Å². The molecular weight excluding hydrogens is 274 g/mol. The van der Waals surface area contributed by atoms with E-state index in [4.69, 9.17) is 4.74 Å². The van der Waals surface area contributed by atoms with Crippen molar-refractivity contribution < 1.29 is 9.53 Å². The SMILES string of the molecule is CC(C)COc1ccc(C=NN=C2NC(=O)CS2)cc1. The molecule has 1 aromatic rings. The Bertz CT molecular complexity index is 524. The summed E-state index contributed by atoms with van der Waals surface area (Å²) in [5, 5.41) is 11.0. The highest BCUT2D eigenvalue weighted by Gasteiger charge is 2.15. The molecule has 0 aliphatic carbocycles. The Hall–Kier alpha value is -1.82. The minimum atomic E-state index is -0.0318. The lowest BCUT2D eigenvalue weighted by molar-refractivity contribution is -0.116. The fraction of sp³-hybridized carbons (Fsp3) is 0.357. The maximum absolute atomic E-state index is 11.0. The standard InChI is InChI=1S/C14H17N3O2S/c1-10(2)8-19-12-5-3-11(4-6-12)7-15-17-14-16-13(18)9-20-14/h3-7,10H,8-9H2,1-2H3,(H,16,17,18). The zero-order chi connectivity index (χ0) is 14.4. The molecule has 2 rings (SSSR count). The molecule has 0 saturated carbocycles. The molecule has 0 radical (unpaired) electrons. The third-order valence-electron chi connectivity index (χ3n) is 2.41. The number of benzene rings is 1. The van der Waals surface area contributed by atoms with E-state index in [-0.39, 0.29) is 5.91 Å². The van der Waals surface area contributed by atoms with Gasteiger partial charge in [-0.1, -0.05) is 25.6 Å². The van der Waals surface area contributed by atoms with Crippen molar-refractivity contribution in [3.63, 3.8) is 0 Å². The molecule has 5 nitrogen and oxygen atoms in total. The fourth-order valence-electron chi connectivity index (χ4n) is 1.44. The van der Waals surface area contributed by atoms with E-state index in [1.54, 1.807) is 6.21 Å². The average molecular weight is 291 g/mol. The monoisotopic (exact) mass is 291 g/mol. The van der Waals surface area contributed by atoms with Gasteiger partial charge < -0.3 is 10.1 Å². The first-order valence-electron chi connectivity index (χ1n) is 6.40. The molecule has 0 bridgehead atoms. The number of nitrogens with zero attached hydrogens (tertiary/aromatic N) is 2. The minimum absolute atomic E-state index is 0.0318. The molecule has 1 heterocycles. The highest BCUT2D eigenvalue weighted by atomic mass is 32.2. The summed E-state index contributed by atoms with van der Waals surface area (Å²) in [7, 11) is 0. The van der Waals surface area contributed by atoms with Crippen LogP contribution in [0.25, 0.3) is 0 Å². The van der Waals surface area contributed by atoms with Gasteiger partial charge in [-0.3, -0.25) is 4.79 Å². The van der Waals surface area contributed by atoms with Crippen molar-refractivity contribution in [2.45, 2.75) is 13.8 Å². The highest BCUT2D eigenvalue weighted by molar-refractivity contribution is 8.15. The predicted octanol–water partition coefficient (Wildman–Crippen LogP) is 2.27. The maximum atomic E-state index is 11.0. The van der Waals surface area contributed by atoms with Crippen LogP contribution in [-0.4, -0.2) is 29.6 Å². The quantitative estimate of drug-likeness (QED) is 0.668. The number of hydrogen-bond acceptors (Lipinski definition) is 5. The summed E-state index contributed by atoms with van der Waals surface area (Å²) >= 11 is 1.35. The lowest BCUT2D eigenvalue weighted by atomic mass is 10.2. The van der Waals surface area contributed by atoms with E-state index in [1.807, 2.05) is 24.3 Å². The van der Waals surface area contributed by atoms with Gasteiger partial charge in [0.05, 0.1) is 18.6 Å². The Morgan fingerprint density at radius 1 is 1.40 bits per heavy atom. The number of carbonyl (C=O) groups is 1. The number of carbonyl (C=O) groups excluding carboxylic acids is 1. The van der Waals surface area contributed by atoms with Crippen LogP contribution in [-0.2, 0) is 4.79 Å². The fourth-order valence-corrected chi connectivity index (χ4v) is 2.07. The van der Waals surface area contributed by atoms with Gasteiger partial charge in [0.2, 0.25) is 5.91 Å². The molecule has 1 N–H and O–H groups in total.